The van der Waals surface area contributed by atoms with Crippen molar-refractivity contribution in [2.75, 3.05) is 19.7 Å². The van der Waals surface area contributed by atoms with Crippen LogP contribution < -0.4 is 0 Å². The van der Waals surface area contributed by atoms with E-state index in [-0.39, 0.29) is 17.8 Å². The fourth-order valence-electron chi connectivity index (χ4n) is 2.20. The third-order valence-electron chi connectivity index (χ3n) is 3.14. The monoisotopic (exact) mass is 301 g/mol. The molecule has 1 saturated heterocycles. The van der Waals surface area contributed by atoms with Crippen molar-refractivity contribution < 1.29 is 14.3 Å². The summed E-state index contributed by atoms with van der Waals surface area (Å²) in [5.41, 5.74) is 0. The van der Waals surface area contributed by atoms with Crippen LogP contribution in [0.2, 0.25) is 5.02 Å². The maximum Gasteiger partial charge on any atom is 0.310 e. The topological polar surface area (TPSA) is 46.6 Å². The third-order valence-corrected chi connectivity index (χ3v) is 4.47. The SMILES string of the molecule is CCOC(=O)[C@@H]1CCCN(C(=O)c2sccc2Cl)C1. The smallest absolute Gasteiger partial charge is 0.310 e. The summed E-state index contributed by atoms with van der Waals surface area (Å²) in [7, 11) is 0. The first kappa shape index (κ1) is 14.3. The molecule has 4 nitrogen and oxygen atoms in total. The van der Waals surface area contributed by atoms with Gasteiger partial charge in [-0.2, -0.15) is 0 Å². The Morgan fingerprint density at radius 3 is 3.00 bits per heavy atom. The predicted molar refractivity (Wildman–Crippen MR) is 74.6 cm³/mol. The number of piperidine rings is 1. The molecule has 0 bridgehead atoms. The summed E-state index contributed by atoms with van der Waals surface area (Å²) in [6, 6.07) is 1.71. The summed E-state index contributed by atoms with van der Waals surface area (Å²) < 4.78 is 5.02. The van der Waals surface area contributed by atoms with E-state index in [0.717, 1.165) is 12.8 Å². The Hall–Kier alpha value is -1.07. The number of nitrogens with zero attached hydrogens (tertiary/aromatic N) is 1. The van der Waals surface area contributed by atoms with E-state index in [9.17, 15) is 9.59 Å². The number of carbonyl (C=O) groups is 2. The Labute approximate surface area is 121 Å². The molecule has 1 aromatic rings. The molecule has 2 heterocycles. The zero-order chi connectivity index (χ0) is 13.8. The molecule has 1 fully saturated rings. The van der Waals surface area contributed by atoms with Gasteiger partial charge in [-0.15, -0.1) is 11.3 Å². The molecule has 1 amide bonds. The number of esters is 1. The average Bonchev–Trinajstić information content (AvgIpc) is 2.84. The molecule has 0 radical (unpaired) electrons. The van der Waals surface area contributed by atoms with Gasteiger partial charge < -0.3 is 9.64 Å². The van der Waals surface area contributed by atoms with Crippen molar-refractivity contribution >= 4 is 34.8 Å². The molecule has 0 aliphatic carbocycles. The number of rotatable bonds is 3. The maximum absolute atomic E-state index is 12.3. The number of hydrogen-bond acceptors (Lipinski definition) is 4. The molecule has 6 heteroatoms. The number of likely N-dealkylation sites (tertiary alicyclic amines) is 1. The third kappa shape index (κ3) is 3.28. The number of ether oxygens (including phenoxy) is 1. The van der Waals surface area contributed by atoms with Gasteiger partial charge in [0.2, 0.25) is 0 Å². The highest BCUT2D eigenvalue weighted by Crippen LogP contribution is 2.26. The van der Waals surface area contributed by atoms with Gasteiger partial charge in [0.05, 0.1) is 17.5 Å². The summed E-state index contributed by atoms with van der Waals surface area (Å²) in [4.78, 5) is 26.3. The van der Waals surface area contributed by atoms with Crippen molar-refractivity contribution in [3.8, 4) is 0 Å². The minimum atomic E-state index is -0.212. The Morgan fingerprint density at radius 2 is 2.37 bits per heavy atom. The van der Waals surface area contributed by atoms with Gasteiger partial charge in [0, 0.05) is 13.1 Å². The molecular weight excluding hydrogens is 286 g/mol. The maximum atomic E-state index is 12.3. The molecule has 0 N–H and O–H groups in total. The Balaban J connectivity index is 2.03. The van der Waals surface area contributed by atoms with Crippen molar-refractivity contribution in [1.82, 2.24) is 4.90 Å². The molecule has 1 aliphatic heterocycles. The van der Waals surface area contributed by atoms with Crippen molar-refractivity contribution in [2.45, 2.75) is 19.8 Å². The zero-order valence-corrected chi connectivity index (χ0v) is 12.3. The molecule has 0 aromatic carbocycles. The predicted octanol–water partition coefficient (Wildman–Crippen LogP) is 2.82. The van der Waals surface area contributed by atoms with E-state index in [0.29, 0.717) is 29.6 Å². The first-order chi connectivity index (χ1) is 9.13. The largest absolute Gasteiger partial charge is 0.466 e. The normalized spacial score (nSPS) is 19.3. The highest BCUT2D eigenvalue weighted by atomic mass is 35.5. The van der Waals surface area contributed by atoms with E-state index >= 15 is 0 Å². The van der Waals surface area contributed by atoms with E-state index < -0.39 is 0 Å². The fraction of sp³-hybridized carbons (Fsp3) is 0.538. The molecular formula is C13H16ClNO3S. The lowest BCUT2D eigenvalue weighted by molar-refractivity contribution is -0.149. The second-order valence-corrected chi connectivity index (χ2v) is 5.76. The van der Waals surface area contributed by atoms with Crippen LogP contribution in [-0.4, -0.2) is 36.5 Å². The lowest BCUT2D eigenvalue weighted by atomic mass is 9.98. The van der Waals surface area contributed by atoms with Crippen molar-refractivity contribution in [1.29, 1.82) is 0 Å². The molecule has 0 saturated carbocycles. The number of halogens is 1. The Morgan fingerprint density at radius 1 is 1.58 bits per heavy atom. The minimum Gasteiger partial charge on any atom is -0.466 e. The Kier molecular flexibility index (Phi) is 4.82. The highest BCUT2D eigenvalue weighted by Gasteiger charge is 2.30. The summed E-state index contributed by atoms with van der Waals surface area (Å²) in [6.45, 7) is 3.25. The van der Waals surface area contributed by atoms with Gasteiger partial charge in [-0.3, -0.25) is 9.59 Å². The molecule has 104 valence electrons. The van der Waals surface area contributed by atoms with E-state index in [2.05, 4.69) is 0 Å². The van der Waals surface area contributed by atoms with Crippen molar-refractivity contribution in [2.24, 2.45) is 5.92 Å². The Bertz CT molecular complexity index is 474. The van der Waals surface area contributed by atoms with Crippen LogP contribution in [0.15, 0.2) is 11.4 Å². The second-order valence-electron chi connectivity index (χ2n) is 4.44. The van der Waals surface area contributed by atoms with Gasteiger partial charge >= 0.3 is 5.97 Å². The van der Waals surface area contributed by atoms with Crippen LogP contribution in [0.25, 0.3) is 0 Å². The molecule has 2 rings (SSSR count). The van der Waals surface area contributed by atoms with Crippen LogP contribution in [0.1, 0.15) is 29.4 Å². The summed E-state index contributed by atoms with van der Waals surface area (Å²) >= 11 is 7.31. The molecule has 1 atom stereocenters. The second kappa shape index (κ2) is 6.39. The highest BCUT2D eigenvalue weighted by molar-refractivity contribution is 7.12. The van der Waals surface area contributed by atoms with Gasteiger partial charge in [-0.05, 0) is 31.2 Å². The van der Waals surface area contributed by atoms with Gasteiger partial charge in [0.25, 0.3) is 5.91 Å². The molecule has 0 unspecified atom stereocenters. The summed E-state index contributed by atoms with van der Waals surface area (Å²) in [6.07, 6.45) is 1.60. The van der Waals surface area contributed by atoms with Crippen LogP contribution in [0.5, 0.6) is 0 Å². The lowest BCUT2D eigenvalue weighted by Gasteiger charge is -2.31. The quantitative estimate of drug-likeness (QED) is 0.807. The van der Waals surface area contributed by atoms with Gasteiger partial charge in [0.1, 0.15) is 4.88 Å². The average molecular weight is 302 g/mol. The minimum absolute atomic E-state index is 0.0889. The lowest BCUT2D eigenvalue weighted by Crippen LogP contribution is -2.42. The van der Waals surface area contributed by atoms with Crippen LogP contribution in [0, 0.1) is 5.92 Å². The fourth-order valence-corrected chi connectivity index (χ4v) is 3.31. The molecule has 1 aromatic heterocycles. The number of hydrogen-bond donors (Lipinski definition) is 0. The van der Waals surface area contributed by atoms with Crippen LogP contribution in [0.3, 0.4) is 0 Å². The number of carbonyl (C=O) groups excluding carboxylic acids is 2. The van der Waals surface area contributed by atoms with Crippen molar-refractivity contribution in [3.05, 3.63) is 21.3 Å². The first-order valence-corrected chi connectivity index (χ1v) is 7.58. The van der Waals surface area contributed by atoms with Gasteiger partial charge in [0.15, 0.2) is 0 Å². The van der Waals surface area contributed by atoms with Gasteiger partial charge in [-0.1, -0.05) is 11.6 Å². The van der Waals surface area contributed by atoms with E-state index in [1.165, 1.54) is 11.3 Å². The van der Waals surface area contributed by atoms with Crippen LogP contribution in [0.4, 0.5) is 0 Å². The summed E-state index contributed by atoms with van der Waals surface area (Å²) in [5, 5.41) is 2.27. The van der Waals surface area contributed by atoms with E-state index in [1.54, 1.807) is 23.3 Å². The number of amides is 1. The van der Waals surface area contributed by atoms with Crippen molar-refractivity contribution in [3.63, 3.8) is 0 Å². The zero-order valence-electron chi connectivity index (χ0n) is 10.7. The van der Waals surface area contributed by atoms with E-state index in [4.69, 9.17) is 16.3 Å². The van der Waals surface area contributed by atoms with Crippen LogP contribution >= 0.6 is 22.9 Å². The standard InChI is InChI=1S/C13H16ClNO3S/c1-2-18-13(17)9-4-3-6-15(8-9)12(16)11-10(14)5-7-19-11/h5,7,9H,2-4,6,8H2,1H3/t9-/m1/s1. The van der Waals surface area contributed by atoms with E-state index in [1.807, 2.05) is 0 Å². The summed E-state index contributed by atoms with van der Waals surface area (Å²) in [5.74, 6) is -0.511. The number of thiophene rings is 1. The van der Waals surface area contributed by atoms with Gasteiger partial charge in [-0.25, -0.2) is 0 Å². The molecule has 0 spiro atoms. The molecule has 19 heavy (non-hydrogen) atoms. The first-order valence-electron chi connectivity index (χ1n) is 6.32. The van der Waals surface area contributed by atoms with Crippen LogP contribution in [-0.2, 0) is 9.53 Å². The molecule has 1 aliphatic rings.